The minimum atomic E-state index is -0.711. The SMILES string of the molecule is CCN(CC)C(=O)CC(Nc1cccc(Br)c1)C(N)=O. The fourth-order valence-corrected chi connectivity index (χ4v) is 2.28. The molecule has 0 heterocycles. The van der Waals surface area contributed by atoms with Crippen LogP contribution in [-0.2, 0) is 9.59 Å². The fraction of sp³-hybridized carbons (Fsp3) is 0.429. The minimum absolute atomic E-state index is 0.0591. The molecule has 0 fully saturated rings. The van der Waals surface area contributed by atoms with E-state index in [0.29, 0.717) is 13.1 Å². The van der Waals surface area contributed by atoms with Crippen molar-refractivity contribution in [2.24, 2.45) is 5.73 Å². The van der Waals surface area contributed by atoms with Gasteiger partial charge in [-0.05, 0) is 32.0 Å². The van der Waals surface area contributed by atoms with Crippen LogP contribution >= 0.6 is 15.9 Å². The predicted octanol–water partition coefficient (Wildman–Crippen LogP) is 1.97. The van der Waals surface area contributed by atoms with Crippen molar-refractivity contribution in [1.29, 1.82) is 0 Å². The van der Waals surface area contributed by atoms with Gasteiger partial charge >= 0.3 is 0 Å². The lowest BCUT2D eigenvalue weighted by atomic mass is 10.1. The van der Waals surface area contributed by atoms with E-state index in [1.807, 2.05) is 38.1 Å². The molecule has 0 saturated heterocycles. The van der Waals surface area contributed by atoms with Crippen LogP contribution in [0, 0.1) is 0 Å². The first-order valence-electron chi connectivity index (χ1n) is 6.57. The van der Waals surface area contributed by atoms with Crippen molar-refractivity contribution in [3.8, 4) is 0 Å². The van der Waals surface area contributed by atoms with Crippen molar-refractivity contribution < 1.29 is 9.59 Å². The lowest BCUT2D eigenvalue weighted by Crippen LogP contribution is -2.41. The Bertz CT molecular complexity index is 475. The normalized spacial score (nSPS) is 11.8. The minimum Gasteiger partial charge on any atom is -0.373 e. The van der Waals surface area contributed by atoms with Gasteiger partial charge in [-0.25, -0.2) is 0 Å². The largest absolute Gasteiger partial charge is 0.373 e. The summed E-state index contributed by atoms with van der Waals surface area (Å²) in [5.74, 6) is -0.619. The molecule has 20 heavy (non-hydrogen) atoms. The molecule has 1 unspecified atom stereocenters. The number of halogens is 1. The van der Waals surface area contributed by atoms with Crippen molar-refractivity contribution in [1.82, 2.24) is 4.90 Å². The number of nitrogens with zero attached hydrogens (tertiary/aromatic N) is 1. The van der Waals surface area contributed by atoms with Gasteiger partial charge < -0.3 is 16.0 Å². The third-order valence-electron chi connectivity index (χ3n) is 3.00. The molecule has 5 nitrogen and oxygen atoms in total. The summed E-state index contributed by atoms with van der Waals surface area (Å²) in [6.45, 7) is 5.06. The van der Waals surface area contributed by atoms with Gasteiger partial charge in [-0.15, -0.1) is 0 Å². The Morgan fingerprint density at radius 2 is 2.00 bits per heavy atom. The lowest BCUT2D eigenvalue weighted by molar-refractivity contribution is -0.133. The van der Waals surface area contributed by atoms with Crippen LogP contribution in [0.1, 0.15) is 20.3 Å². The van der Waals surface area contributed by atoms with E-state index in [4.69, 9.17) is 5.73 Å². The van der Waals surface area contributed by atoms with Crippen LogP contribution in [0.5, 0.6) is 0 Å². The first kappa shape index (κ1) is 16.5. The number of nitrogens with one attached hydrogen (secondary N) is 1. The average Bonchev–Trinajstić information content (AvgIpc) is 2.39. The third-order valence-corrected chi connectivity index (χ3v) is 3.50. The van der Waals surface area contributed by atoms with Crippen molar-refractivity contribution in [3.63, 3.8) is 0 Å². The molecule has 0 radical (unpaired) electrons. The van der Waals surface area contributed by atoms with Crippen LogP contribution < -0.4 is 11.1 Å². The quantitative estimate of drug-likeness (QED) is 0.796. The Labute approximate surface area is 127 Å². The van der Waals surface area contributed by atoms with Crippen molar-refractivity contribution >= 4 is 33.4 Å². The molecule has 0 aliphatic rings. The van der Waals surface area contributed by atoms with Gasteiger partial charge in [0.2, 0.25) is 11.8 Å². The predicted molar refractivity (Wildman–Crippen MR) is 83.3 cm³/mol. The standard InChI is InChI=1S/C14H20BrN3O2/c1-3-18(4-2)13(19)9-12(14(16)20)17-11-7-5-6-10(15)8-11/h5-8,12,17H,3-4,9H2,1-2H3,(H2,16,20). The topological polar surface area (TPSA) is 75.4 Å². The molecule has 6 heteroatoms. The average molecular weight is 342 g/mol. The zero-order valence-electron chi connectivity index (χ0n) is 11.7. The Hall–Kier alpha value is -1.56. The van der Waals surface area contributed by atoms with Gasteiger partial charge in [-0.3, -0.25) is 9.59 Å². The highest BCUT2D eigenvalue weighted by molar-refractivity contribution is 9.10. The van der Waals surface area contributed by atoms with E-state index in [0.717, 1.165) is 10.2 Å². The first-order chi connectivity index (χ1) is 9.47. The summed E-state index contributed by atoms with van der Waals surface area (Å²) in [6.07, 6.45) is 0.0591. The molecule has 110 valence electrons. The van der Waals surface area contributed by atoms with Gasteiger partial charge in [0.25, 0.3) is 0 Å². The summed E-state index contributed by atoms with van der Waals surface area (Å²) in [4.78, 5) is 25.2. The molecular weight excluding hydrogens is 322 g/mol. The highest BCUT2D eigenvalue weighted by Gasteiger charge is 2.21. The van der Waals surface area contributed by atoms with Gasteiger partial charge in [0.15, 0.2) is 0 Å². The summed E-state index contributed by atoms with van der Waals surface area (Å²) in [5.41, 5.74) is 6.12. The summed E-state index contributed by atoms with van der Waals surface area (Å²) in [7, 11) is 0. The van der Waals surface area contributed by atoms with Gasteiger partial charge in [-0.1, -0.05) is 22.0 Å². The summed E-state index contributed by atoms with van der Waals surface area (Å²) >= 11 is 3.35. The Morgan fingerprint density at radius 1 is 1.35 bits per heavy atom. The number of benzene rings is 1. The van der Waals surface area contributed by atoms with E-state index >= 15 is 0 Å². The smallest absolute Gasteiger partial charge is 0.240 e. The number of amides is 2. The summed E-state index contributed by atoms with van der Waals surface area (Å²) < 4.78 is 0.890. The van der Waals surface area contributed by atoms with Gasteiger partial charge in [0, 0.05) is 23.2 Å². The molecule has 0 aliphatic carbocycles. The maximum Gasteiger partial charge on any atom is 0.240 e. The molecule has 2 amide bonds. The lowest BCUT2D eigenvalue weighted by Gasteiger charge is -2.22. The van der Waals surface area contributed by atoms with E-state index in [9.17, 15) is 9.59 Å². The molecule has 1 aromatic carbocycles. The van der Waals surface area contributed by atoms with Crippen LogP contribution in [0.15, 0.2) is 28.7 Å². The van der Waals surface area contributed by atoms with Crippen LogP contribution in [0.25, 0.3) is 0 Å². The van der Waals surface area contributed by atoms with Crippen molar-refractivity contribution in [3.05, 3.63) is 28.7 Å². The molecule has 1 rings (SSSR count). The maximum absolute atomic E-state index is 12.0. The second-order valence-corrected chi connectivity index (χ2v) is 5.30. The van der Waals surface area contributed by atoms with Gasteiger partial charge in [0.1, 0.15) is 6.04 Å². The van der Waals surface area contributed by atoms with Gasteiger partial charge in [0.05, 0.1) is 6.42 Å². The number of rotatable bonds is 7. The molecule has 0 spiro atoms. The highest BCUT2D eigenvalue weighted by atomic mass is 79.9. The summed E-state index contributed by atoms with van der Waals surface area (Å²) in [5, 5.41) is 3.00. The number of hydrogen-bond donors (Lipinski definition) is 2. The van der Waals surface area contributed by atoms with Gasteiger partial charge in [-0.2, -0.15) is 0 Å². The van der Waals surface area contributed by atoms with Crippen LogP contribution in [0.4, 0.5) is 5.69 Å². The Balaban J connectivity index is 2.75. The van der Waals surface area contributed by atoms with E-state index in [-0.39, 0.29) is 12.3 Å². The number of primary amides is 1. The van der Waals surface area contributed by atoms with E-state index in [1.165, 1.54) is 0 Å². The Morgan fingerprint density at radius 3 is 2.50 bits per heavy atom. The van der Waals surface area contributed by atoms with E-state index in [2.05, 4.69) is 21.2 Å². The highest BCUT2D eigenvalue weighted by Crippen LogP contribution is 2.17. The monoisotopic (exact) mass is 341 g/mol. The second kappa shape index (κ2) is 7.89. The molecule has 0 aromatic heterocycles. The number of carbonyl (C=O) groups is 2. The molecule has 0 bridgehead atoms. The zero-order valence-corrected chi connectivity index (χ0v) is 13.3. The molecule has 1 atom stereocenters. The molecular formula is C14H20BrN3O2. The number of nitrogens with two attached hydrogens (primary N) is 1. The second-order valence-electron chi connectivity index (χ2n) is 4.38. The van der Waals surface area contributed by atoms with Crippen LogP contribution in [0.3, 0.4) is 0 Å². The number of hydrogen-bond acceptors (Lipinski definition) is 3. The zero-order chi connectivity index (χ0) is 15.1. The van der Waals surface area contributed by atoms with E-state index in [1.54, 1.807) is 4.90 Å². The fourth-order valence-electron chi connectivity index (χ4n) is 1.88. The Kier molecular flexibility index (Phi) is 6.51. The third kappa shape index (κ3) is 4.85. The first-order valence-corrected chi connectivity index (χ1v) is 7.36. The van der Waals surface area contributed by atoms with Crippen LogP contribution in [-0.4, -0.2) is 35.8 Å². The number of carbonyl (C=O) groups excluding carboxylic acids is 2. The van der Waals surface area contributed by atoms with Crippen molar-refractivity contribution in [2.45, 2.75) is 26.3 Å². The molecule has 0 aliphatic heterocycles. The number of anilines is 1. The molecule has 1 aromatic rings. The maximum atomic E-state index is 12.0. The van der Waals surface area contributed by atoms with E-state index < -0.39 is 11.9 Å². The van der Waals surface area contributed by atoms with Crippen molar-refractivity contribution in [2.75, 3.05) is 18.4 Å². The molecule has 3 N–H and O–H groups in total. The summed E-state index contributed by atoms with van der Waals surface area (Å²) in [6, 6.07) is 6.67. The van der Waals surface area contributed by atoms with Crippen LogP contribution in [0.2, 0.25) is 0 Å². The molecule has 0 saturated carbocycles.